The molecule has 4 atom stereocenters. The number of rotatable bonds is 5. The van der Waals surface area contributed by atoms with Gasteiger partial charge in [-0.15, -0.1) is 12.3 Å². The van der Waals surface area contributed by atoms with Crippen molar-refractivity contribution >= 4 is 0 Å². The SMILES string of the molecule is C#CC1CN2CCC1CC2CNCc1ccc(C(C)C)cc1. The maximum absolute atomic E-state index is 5.65. The Morgan fingerprint density at radius 3 is 2.68 bits per heavy atom. The number of fused-ring (bicyclic) bond motifs is 3. The van der Waals surface area contributed by atoms with Gasteiger partial charge in [0.05, 0.1) is 0 Å². The van der Waals surface area contributed by atoms with E-state index in [1.807, 2.05) is 0 Å². The maximum Gasteiger partial charge on any atom is 0.0356 e. The van der Waals surface area contributed by atoms with Crippen LogP contribution in [-0.2, 0) is 6.54 Å². The second-order valence-electron chi connectivity index (χ2n) is 7.23. The molecular formula is C20H28N2. The highest BCUT2D eigenvalue weighted by molar-refractivity contribution is 5.24. The Morgan fingerprint density at radius 1 is 1.32 bits per heavy atom. The fraction of sp³-hybridized carbons (Fsp3) is 0.600. The van der Waals surface area contributed by atoms with Crippen molar-refractivity contribution < 1.29 is 0 Å². The summed E-state index contributed by atoms with van der Waals surface area (Å²) in [6, 6.07) is 9.70. The smallest absolute Gasteiger partial charge is 0.0356 e. The van der Waals surface area contributed by atoms with Gasteiger partial charge in [-0.25, -0.2) is 0 Å². The minimum absolute atomic E-state index is 0.494. The second-order valence-corrected chi connectivity index (χ2v) is 7.23. The van der Waals surface area contributed by atoms with E-state index in [2.05, 4.69) is 54.3 Å². The van der Waals surface area contributed by atoms with Gasteiger partial charge < -0.3 is 5.32 Å². The van der Waals surface area contributed by atoms with Crippen molar-refractivity contribution in [3.05, 3.63) is 35.4 Å². The summed E-state index contributed by atoms with van der Waals surface area (Å²) in [5.74, 6) is 4.85. The third kappa shape index (κ3) is 3.37. The zero-order valence-electron chi connectivity index (χ0n) is 13.9. The van der Waals surface area contributed by atoms with Crippen LogP contribution in [0.5, 0.6) is 0 Å². The summed E-state index contributed by atoms with van der Waals surface area (Å²) in [5.41, 5.74) is 2.79. The molecule has 0 aromatic heterocycles. The van der Waals surface area contributed by atoms with Crippen LogP contribution in [0.2, 0.25) is 0 Å². The van der Waals surface area contributed by atoms with E-state index < -0.39 is 0 Å². The van der Waals surface area contributed by atoms with Crippen LogP contribution in [-0.4, -0.2) is 30.6 Å². The van der Waals surface area contributed by atoms with E-state index in [-0.39, 0.29) is 0 Å². The van der Waals surface area contributed by atoms with Gasteiger partial charge in [0.2, 0.25) is 0 Å². The molecule has 22 heavy (non-hydrogen) atoms. The quantitative estimate of drug-likeness (QED) is 0.839. The first-order valence-corrected chi connectivity index (χ1v) is 8.67. The van der Waals surface area contributed by atoms with E-state index in [0.29, 0.717) is 17.9 Å². The molecule has 4 rings (SSSR count). The molecule has 2 nitrogen and oxygen atoms in total. The van der Waals surface area contributed by atoms with Gasteiger partial charge in [-0.05, 0) is 42.3 Å². The monoisotopic (exact) mass is 296 g/mol. The van der Waals surface area contributed by atoms with Crippen LogP contribution in [0.15, 0.2) is 24.3 Å². The highest BCUT2D eigenvalue weighted by Crippen LogP contribution is 2.35. The molecule has 1 aromatic rings. The number of hydrogen-bond donors (Lipinski definition) is 1. The van der Waals surface area contributed by atoms with E-state index in [0.717, 1.165) is 25.6 Å². The first kappa shape index (κ1) is 15.6. The number of benzene rings is 1. The molecule has 0 saturated carbocycles. The lowest BCUT2D eigenvalue weighted by molar-refractivity contribution is 0.0227. The molecule has 3 saturated heterocycles. The number of nitrogens with zero attached hydrogens (tertiary/aromatic N) is 1. The summed E-state index contributed by atoms with van der Waals surface area (Å²) < 4.78 is 0. The van der Waals surface area contributed by atoms with Crippen LogP contribution in [0.3, 0.4) is 0 Å². The topological polar surface area (TPSA) is 15.3 Å². The van der Waals surface area contributed by atoms with Crippen LogP contribution in [0.4, 0.5) is 0 Å². The standard InChI is InChI=1S/C20H28N2/c1-4-17-14-22-10-9-19(17)11-20(22)13-21-12-16-5-7-18(8-6-16)15(2)3/h1,5-8,15,17,19-21H,9-14H2,2-3H3. The van der Waals surface area contributed by atoms with E-state index in [1.54, 1.807) is 0 Å². The van der Waals surface area contributed by atoms with E-state index in [4.69, 9.17) is 6.42 Å². The van der Waals surface area contributed by atoms with Gasteiger partial charge in [-0.3, -0.25) is 4.90 Å². The Morgan fingerprint density at radius 2 is 2.09 bits per heavy atom. The fourth-order valence-electron chi connectivity index (χ4n) is 3.94. The van der Waals surface area contributed by atoms with Gasteiger partial charge in [0.1, 0.15) is 0 Å². The van der Waals surface area contributed by atoms with Gasteiger partial charge in [0.15, 0.2) is 0 Å². The molecule has 3 aliphatic rings. The molecule has 118 valence electrons. The number of hydrogen-bond acceptors (Lipinski definition) is 2. The van der Waals surface area contributed by atoms with Gasteiger partial charge in [-0.1, -0.05) is 38.1 Å². The first-order chi connectivity index (χ1) is 10.7. The van der Waals surface area contributed by atoms with Gasteiger partial charge in [-0.2, -0.15) is 0 Å². The Hall–Kier alpha value is -1.30. The van der Waals surface area contributed by atoms with Gasteiger partial charge in [0.25, 0.3) is 0 Å². The van der Waals surface area contributed by atoms with E-state index in [1.165, 1.54) is 30.5 Å². The molecule has 0 amide bonds. The molecule has 4 unspecified atom stereocenters. The lowest BCUT2D eigenvalue weighted by atomic mass is 9.76. The third-order valence-electron chi connectivity index (χ3n) is 5.45. The highest BCUT2D eigenvalue weighted by Gasteiger charge is 2.38. The Kier molecular flexibility index (Phi) is 4.86. The Bertz CT molecular complexity index is 526. The third-order valence-corrected chi connectivity index (χ3v) is 5.45. The fourth-order valence-corrected chi connectivity index (χ4v) is 3.94. The first-order valence-electron chi connectivity index (χ1n) is 8.67. The Labute approximate surface area is 135 Å². The number of piperidine rings is 3. The van der Waals surface area contributed by atoms with Crippen molar-refractivity contribution in [3.8, 4) is 12.3 Å². The van der Waals surface area contributed by atoms with Crippen molar-refractivity contribution in [3.63, 3.8) is 0 Å². The largest absolute Gasteiger partial charge is 0.311 e. The minimum atomic E-state index is 0.494. The number of terminal acetylenes is 1. The average Bonchev–Trinajstić information content (AvgIpc) is 2.56. The van der Waals surface area contributed by atoms with Crippen molar-refractivity contribution in [2.45, 2.75) is 45.2 Å². The van der Waals surface area contributed by atoms with Crippen LogP contribution < -0.4 is 5.32 Å². The van der Waals surface area contributed by atoms with Gasteiger partial charge in [0, 0.05) is 31.6 Å². The van der Waals surface area contributed by atoms with Crippen molar-refractivity contribution in [1.82, 2.24) is 10.2 Å². The molecule has 3 heterocycles. The van der Waals surface area contributed by atoms with E-state index in [9.17, 15) is 0 Å². The maximum atomic E-state index is 5.65. The number of nitrogens with one attached hydrogen (secondary N) is 1. The van der Waals surface area contributed by atoms with Crippen LogP contribution in [0.1, 0.15) is 43.7 Å². The molecule has 0 aliphatic carbocycles. The van der Waals surface area contributed by atoms with Crippen LogP contribution in [0, 0.1) is 24.2 Å². The van der Waals surface area contributed by atoms with Crippen molar-refractivity contribution in [1.29, 1.82) is 0 Å². The zero-order valence-corrected chi connectivity index (χ0v) is 13.9. The molecular weight excluding hydrogens is 268 g/mol. The molecule has 1 aromatic carbocycles. The molecule has 0 spiro atoms. The van der Waals surface area contributed by atoms with Gasteiger partial charge >= 0.3 is 0 Å². The summed E-state index contributed by atoms with van der Waals surface area (Å²) in [4.78, 5) is 2.60. The summed E-state index contributed by atoms with van der Waals surface area (Å²) in [6.45, 7) is 8.87. The molecule has 2 heteroatoms. The molecule has 1 N–H and O–H groups in total. The van der Waals surface area contributed by atoms with Crippen LogP contribution >= 0.6 is 0 Å². The summed E-state index contributed by atoms with van der Waals surface area (Å²) in [5, 5.41) is 3.64. The van der Waals surface area contributed by atoms with Crippen LogP contribution in [0.25, 0.3) is 0 Å². The summed E-state index contributed by atoms with van der Waals surface area (Å²) in [7, 11) is 0. The summed E-state index contributed by atoms with van der Waals surface area (Å²) in [6.07, 6.45) is 8.22. The minimum Gasteiger partial charge on any atom is -0.311 e. The average molecular weight is 296 g/mol. The van der Waals surface area contributed by atoms with E-state index >= 15 is 0 Å². The zero-order chi connectivity index (χ0) is 15.5. The lowest BCUT2D eigenvalue weighted by Gasteiger charge is -2.48. The van der Waals surface area contributed by atoms with Crippen molar-refractivity contribution in [2.75, 3.05) is 19.6 Å². The predicted molar refractivity (Wildman–Crippen MR) is 92.6 cm³/mol. The van der Waals surface area contributed by atoms with Crippen molar-refractivity contribution in [2.24, 2.45) is 11.8 Å². The molecule has 2 bridgehead atoms. The lowest BCUT2D eigenvalue weighted by Crippen LogP contribution is -2.55. The highest BCUT2D eigenvalue weighted by atomic mass is 15.2. The molecule has 3 aliphatic heterocycles. The summed E-state index contributed by atoms with van der Waals surface area (Å²) >= 11 is 0. The Balaban J connectivity index is 1.47. The normalized spacial score (nSPS) is 30.5. The molecule has 0 radical (unpaired) electrons. The molecule has 3 fully saturated rings. The second kappa shape index (κ2) is 6.86. The predicted octanol–water partition coefficient (Wildman–Crippen LogP) is 3.24.